The van der Waals surface area contributed by atoms with Crippen LogP contribution in [-0.4, -0.2) is 15.7 Å². The van der Waals surface area contributed by atoms with Crippen LogP contribution in [0.4, 0.5) is 0 Å². The number of nitrogens with zero attached hydrogens (tertiary/aromatic N) is 2. The number of amides is 1. The molecule has 0 saturated heterocycles. The highest BCUT2D eigenvalue weighted by Crippen LogP contribution is 2.30. The van der Waals surface area contributed by atoms with E-state index in [1.807, 2.05) is 79.4 Å². The summed E-state index contributed by atoms with van der Waals surface area (Å²) in [6, 6.07) is 19.4. The molecule has 0 radical (unpaired) electrons. The topological polar surface area (TPSA) is 70.1 Å². The predicted molar refractivity (Wildman–Crippen MR) is 106 cm³/mol. The molecule has 5 heteroatoms. The number of fused-ring (bicyclic) bond motifs is 1. The van der Waals surface area contributed by atoms with Crippen LogP contribution >= 0.6 is 0 Å². The summed E-state index contributed by atoms with van der Waals surface area (Å²) in [7, 11) is 1.91. The van der Waals surface area contributed by atoms with Crippen molar-refractivity contribution in [1.82, 2.24) is 9.78 Å². The van der Waals surface area contributed by atoms with E-state index in [2.05, 4.69) is 5.10 Å². The molecule has 0 aliphatic rings. The van der Waals surface area contributed by atoms with Gasteiger partial charge in [0, 0.05) is 24.1 Å². The highest BCUT2D eigenvalue weighted by atomic mass is 16.5. The lowest BCUT2D eigenvalue weighted by Gasteiger charge is -2.10. The van der Waals surface area contributed by atoms with Gasteiger partial charge in [0.25, 0.3) is 0 Å². The smallest absolute Gasteiger partial charge is 0.248 e. The molecule has 27 heavy (non-hydrogen) atoms. The molecule has 0 aliphatic heterocycles. The lowest BCUT2D eigenvalue weighted by molar-refractivity contribution is 0.0999. The molecule has 5 nitrogen and oxygen atoms in total. The van der Waals surface area contributed by atoms with E-state index in [0.717, 1.165) is 39.1 Å². The van der Waals surface area contributed by atoms with Gasteiger partial charge in [-0.15, -0.1) is 0 Å². The van der Waals surface area contributed by atoms with Crippen molar-refractivity contribution in [3.05, 3.63) is 78.0 Å². The number of hydrogen-bond donors (Lipinski definition) is 1. The molecule has 134 valence electrons. The molecule has 0 atom stereocenters. The zero-order chi connectivity index (χ0) is 19.0. The second kappa shape index (κ2) is 6.61. The number of carbonyl (C=O) groups excluding carboxylic acids is 1. The number of aromatic nitrogens is 2. The zero-order valence-corrected chi connectivity index (χ0v) is 15.1. The molecule has 4 rings (SSSR count). The number of benzene rings is 3. The number of primary amides is 1. The molecule has 0 saturated carbocycles. The standard InChI is InChI=1S/C22H19N3O2/c1-14-10-16(7-9-20(14)22(23)26)15-4-3-5-18(11-15)27-19-8-6-17-13-24-25(2)21(17)12-19/h3-13H,1-2H3,(H2,23,26). The van der Waals surface area contributed by atoms with Crippen LogP contribution in [0.15, 0.2) is 66.9 Å². The molecule has 3 aromatic carbocycles. The number of nitrogens with two attached hydrogens (primary N) is 1. The van der Waals surface area contributed by atoms with Crippen molar-refractivity contribution < 1.29 is 9.53 Å². The lowest BCUT2D eigenvalue weighted by Crippen LogP contribution is -2.12. The molecule has 0 aliphatic carbocycles. The monoisotopic (exact) mass is 357 g/mol. The maximum absolute atomic E-state index is 11.4. The number of rotatable bonds is 4. The minimum atomic E-state index is -0.415. The molecule has 0 bridgehead atoms. The first-order chi connectivity index (χ1) is 13.0. The second-order valence-electron chi connectivity index (χ2n) is 6.51. The molecule has 0 fully saturated rings. The van der Waals surface area contributed by atoms with E-state index in [0.29, 0.717) is 5.56 Å². The van der Waals surface area contributed by atoms with E-state index in [9.17, 15) is 4.79 Å². The Morgan fingerprint density at radius 2 is 1.78 bits per heavy atom. The fraction of sp³-hybridized carbons (Fsp3) is 0.0909. The van der Waals surface area contributed by atoms with Gasteiger partial charge in [0.1, 0.15) is 11.5 Å². The highest BCUT2D eigenvalue weighted by Gasteiger charge is 2.08. The average Bonchev–Trinajstić information content (AvgIpc) is 3.02. The molecule has 0 spiro atoms. The Hall–Kier alpha value is -3.60. The van der Waals surface area contributed by atoms with Crippen molar-refractivity contribution in [1.29, 1.82) is 0 Å². The largest absolute Gasteiger partial charge is 0.457 e. The second-order valence-corrected chi connectivity index (χ2v) is 6.51. The number of aryl methyl sites for hydroxylation is 2. The van der Waals surface area contributed by atoms with E-state index < -0.39 is 5.91 Å². The Bertz CT molecular complexity index is 1160. The van der Waals surface area contributed by atoms with Crippen molar-refractivity contribution >= 4 is 16.8 Å². The quantitative estimate of drug-likeness (QED) is 0.587. The van der Waals surface area contributed by atoms with Crippen molar-refractivity contribution in [2.24, 2.45) is 12.8 Å². The van der Waals surface area contributed by atoms with E-state index in [4.69, 9.17) is 10.5 Å². The summed E-state index contributed by atoms with van der Waals surface area (Å²) >= 11 is 0. The van der Waals surface area contributed by atoms with Gasteiger partial charge < -0.3 is 10.5 Å². The fourth-order valence-corrected chi connectivity index (χ4v) is 3.18. The van der Waals surface area contributed by atoms with Gasteiger partial charge in [-0.2, -0.15) is 5.10 Å². The van der Waals surface area contributed by atoms with Crippen LogP contribution in [0, 0.1) is 6.92 Å². The first-order valence-electron chi connectivity index (χ1n) is 8.62. The average molecular weight is 357 g/mol. The maximum Gasteiger partial charge on any atom is 0.248 e. The SMILES string of the molecule is Cc1cc(-c2cccc(Oc3ccc4cnn(C)c4c3)c2)ccc1C(N)=O. The number of carbonyl (C=O) groups is 1. The van der Waals surface area contributed by atoms with Gasteiger partial charge in [-0.3, -0.25) is 9.48 Å². The summed E-state index contributed by atoms with van der Waals surface area (Å²) in [6.45, 7) is 1.88. The fourth-order valence-electron chi connectivity index (χ4n) is 3.18. The van der Waals surface area contributed by atoms with Crippen LogP contribution in [0.3, 0.4) is 0 Å². The first kappa shape index (κ1) is 16.8. The molecule has 2 N–H and O–H groups in total. The molecule has 1 aromatic heterocycles. The molecular formula is C22H19N3O2. The van der Waals surface area contributed by atoms with E-state index in [-0.39, 0.29) is 0 Å². The van der Waals surface area contributed by atoms with E-state index in [1.165, 1.54) is 0 Å². The number of ether oxygens (including phenoxy) is 1. The molecule has 4 aromatic rings. The Morgan fingerprint density at radius 1 is 1.00 bits per heavy atom. The minimum absolute atomic E-state index is 0.415. The van der Waals surface area contributed by atoms with E-state index in [1.54, 1.807) is 6.07 Å². The van der Waals surface area contributed by atoms with Crippen LogP contribution in [0.1, 0.15) is 15.9 Å². The molecule has 0 unspecified atom stereocenters. The third kappa shape index (κ3) is 3.27. The summed E-state index contributed by atoms with van der Waals surface area (Å²) in [6.07, 6.45) is 1.83. The predicted octanol–water partition coefficient (Wildman–Crippen LogP) is 4.44. The van der Waals surface area contributed by atoms with Crippen LogP contribution in [0.2, 0.25) is 0 Å². The first-order valence-corrected chi connectivity index (χ1v) is 8.62. The normalized spacial score (nSPS) is 10.9. The summed E-state index contributed by atoms with van der Waals surface area (Å²) < 4.78 is 7.87. The summed E-state index contributed by atoms with van der Waals surface area (Å²) in [4.78, 5) is 11.4. The van der Waals surface area contributed by atoms with Gasteiger partial charge in [-0.1, -0.05) is 24.3 Å². The van der Waals surface area contributed by atoms with Crippen molar-refractivity contribution in [3.63, 3.8) is 0 Å². The molecule has 1 amide bonds. The molecule has 1 heterocycles. The van der Waals surface area contributed by atoms with Gasteiger partial charge >= 0.3 is 0 Å². The minimum Gasteiger partial charge on any atom is -0.457 e. The summed E-state index contributed by atoms with van der Waals surface area (Å²) in [5.41, 5.74) is 9.81. The van der Waals surface area contributed by atoms with Crippen molar-refractivity contribution in [3.8, 4) is 22.6 Å². The Labute approximate surface area is 157 Å². The third-order valence-corrected chi connectivity index (χ3v) is 4.62. The van der Waals surface area contributed by atoms with Crippen LogP contribution in [0.5, 0.6) is 11.5 Å². The lowest BCUT2D eigenvalue weighted by atomic mass is 9.99. The van der Waals surface area contributed by atoms with Gasteiger partial charge in [0.05, 0.1) is 11.7 Å². The van der Waals surface area contributed by atoms with Gasteiger partial charge in [0.15, 0.2) is 0 Å². The van der Waals surface area contributed by atoms with Crippen LogP contribution in [-0.2, 0) is 7.05 Å². The van der Waals surface area contributed by atoms with Gasteiger partial charge in [-0.05, 0) is 53.9 Å². The van der Waals surface area contributed by atoms with Crippen molar-refractivity contribution in [2.75, 3.05) is 0 Å². The Kier molecular flexibility index (Phi) is 4.12. The van der Waals surface area contributed by atoms with Gasteiger partial charge in [-0.25, -0.2) is 0 Å². The van der Waals surface area contributed by atoms with Crippen molar-refractivity contribution in [2.45, 2.75) is 6.92 Å². The van der Waals surface area contributed by atoms with Crippen LogP contribution < -0.4 is 10.5 Å². The van der Waals surface area contributed by atoms with Gasteiger partial charge in [0.2, 0.25) is 5.91 Å². The third-order valence-electron chi connectivity index (χ3n) is 4.62. The van der Waals surface area contributed by atoms with E-state index >= 15 is 0 Å². The number of hydrogen-bond acceptors (Lipinski definition) is 3. The van der Waals surface area contributed by atoms with Crippen LogP contribution in [0.25, 0.3) is 22.0 Å². The Balaban J connectivity index is 1.64. The summed E-state index contributed by atoms with van der Waals surface area (Å²) in [5, 5.41) is 5.33. The highest BCUT2D eigenvalue weighted by molar-refractivity contribution is 5.95. The Morgan fingerprint density at radius 3 is 2.56 bits per heavy atom. The zero-order valence-electron chi connectivity index (χ0n) is 15.1. The summed E-state index contributed by atoms with van der Waals surface area (Å²) in [5.74, 6) is 1.08. The maximum atomic E-state index is 11.4. The molecular weight excluding hydrogens is 338 g/mol.